The Morgan fingerprint density at radius 1 is 0.670 bits per heavy atom. The van der Waals surface area contributed by atoms with Gasteiger partial charge in [-0.25, -0.2) is 0 Å². The Labute approximate surface area is 538 Å². The number of carbonyl (C=O) groups excluding carboxylic acids is 9. The lowest BCUT2D eigenvalue weighted by Gasteiger charge is -2.41. The first-order valence-electron chi connectivity index (χ1n) is 30.6. The number of nitrogens with one attached hydrogen (secondary N) is 5. The maximum absolute atomic E-state index is 14.7. The fourth-order valence-corrected chi connectivity index (χ4v) is 10.9. The van der Waals surface area contributed by atoms with E-state index in [1.807, 2.05) is 59.7 Å². The van der Waals surface area contributed by atoms with Crippen molar-refractivity contribution >= 4 is 85.0 Å². The Morgan fingerprint density at radius 2 is 1.23 bits per heavy atom. The zero-order valence-corrected chi connectivity index (χ0v) is 57.2. The number of hydrogen-bond acceptors (Lipinski definition) is 16. The highest BCUT2D eigenvalue weighted by Gasteiger charge is 2.44. The van der Waals surface area contributed by atoms with Crippen LogP contribution in [0.1, 0.15) is 106 Å². The summed E-state index contributed by atoms with van der Waals surface area (Å²) in [5, 5.41) is 25.2. The molecule has 0 spiro atoms. The second-order valence-electron chi connectivity index (χ2n) is 22.8. The van der Waals surface area contributed by atoms with Gasteiger partial charge in [-0.2, -0.15) is 0 Å². The summed E-state index contributed by atoms with van der Waals surface area (Å²) in [4.78, 5) is 125. The first kappa shape index (κ1) is 79.2. The second kappa shape index (κ2) is 43.8. The van der Waals surface area contributed by atoms with E-state index in [1.54, 1.807) is 42.8 Å². The van der Waals surface area contributed by atoms with Gasteiger partial charge in [-0.1, -0.05) is 117 Å². The van der Waals surface area contributed by atoms with Crippen molar-refractivity contribution in [2.45, 2.75) is 142 Å². The summed E-state index contributed by atoms with van der Waals surface area (Å²) < 4.78 is 34.3. The molecule has 1 aromatic rings. The Balaban J connectivity index is 1.85. The fraction of sp³-hybridized carbons (Fsp3) is 0.754. The van der Waals surface area contributed by atoms with Crippen LogP contribution < -0.4 is 26.6 Å². The molecule has 0 bridgehead atoms. The van der Waals surface area contributed by atoms with Crippen LogP contribution in [0.2, 0.25) is 0 Å². The predicted molar refractivity (Wildman–Crippen MR) is 339 cm³/mol. The predicted octanol–water partition coefficient (Wildman–Crippen LogP) is 2.58. The second-order valence-corrected chi connectivity index (χ2v) is 23.9. The summed E-state index contributed by atoms with van der Waals surface area (Å²) >= 11 is 6.15. The van der Waals surface area contributed by atoms with Gasteiger partial charge in [-0.15, -0.1) is 0 Å². The number of ether oxygens (including phenoxy) is 6. The summed E-state index contributed by atoms with van der Waals surface area (Å²) in [6.45, 7) is 17.6. The number of alkyl halides is 2. The number of aliphatic hydroxyl groups is 1. The van der Waals surface area contributed by atoms with E-state index < -0.39 is 66.3 Å². The summed E-state index contributed by atoms with van der Waals surface area (Å²) in [6, 6.07) is 5.57. The maximum Gasteiger partial charge on any atom is 0.249 e. The molecule has 502 valence electrons. The molecule has 10 atom stereocenters. The van der Waals surface area contributed by atoms with E-state index >= 15 is 0 Å². The van der Waals surface area contributed by atoms with Crippen molar-refractivity contribution in [1.29, 1.82) is 0 Å². The van der Waals surface area contributed by atoms with Gasteiger partial charge in [0.1, 0.15) is 18.7 Å². The highest BCUT2D eigenvalue weighted by atomic mass is 79.9. The van der Waals surface area contributed by atoms with Gasteiger partial charge in [-0.3, -0.25) is 43.2 Å². The quantitative estimate of drug-likeness (QED) is 0.0404. The molecular formula is C61H103Br2N9O16. The van der Waals surface area contributed by atoms with Crippen molar-refractivity contribution in [3.05, 3.63) is 35.9 Å². The molecule has 0 saturated carbocycles. The van der Waals surface area contributed by atoms with Gasteiger partial charge < -0.3 is 79.7 Å². The van der Waals surface area contributed by atoms with E-state index in [2.05, 4.69) is 58.4 Å². The van der Waals surface area contributed by atoms with Crippen molar-refractivity contribution in [2.24, 2.45) is 23.7 Å². The van der Waals surface area contributed by atoms with Crippen LogP contribution in [0.25, 0.3) is 0 Å². The van der Waals surface area contributed by atoms with Crippen molar-refractivity contribution < 1.29 is 76.7 Å². The minimum Gasteiger partial charge on any atom is -0.386 e. The number of hydrogen-bond donors (Lipinski definition) is 6. The molecule has 0 aromatic heterocycles. The normalized spacial score (nSPS) is 16.3. The molecule has 1 aliphatic heterocycles. The largest absolute Gasteiger partial charge is 0.386 e. The zero-order valence-electron chi connectivity index (χ0n) is 54.0. The van der Waals surface area contributed by atoms with Gasteiger partial charge in [-0.05, 0) is 43.1 Å². The van der Waals surface area contributed by atoms with Gasteiger partial charge in [0.05, 0.1) is 106 Å². The van der Waals surface area contributed by atoms with Gasteiger partial charge in [0.2, 0.25) is 53.2 Å². The third-order valence-corrected chi connectivity index (χ3v) is 16.7. The fourth-order valence-electron chi connectivity index (χ4n) is 10.5. The molecular weight excluding hydrogens is 1270 g/mol. The Hall–Kier alpha value is -4.87. The number of amides is 9. The minimum absolute atomic E-state index is 0.0415. The lowest BCUT2D eigenvalue weighted by atomic mass is 9.89. The van der Waals surface area contributed by atoms with E-state index in [4.69, 9.17) is 28.4 Å². The molecule has 25 nitrogen and oxygen atoms in total. The molecule has 1 fully saturated rings. The smallest absolute Gasteiger partial charge is 0.249 e. The van der Waals surface area contributed by atoms with Crippen molar-refractivity contribution in [3.8, 4) is 0 Å². The molecule has 88 heavy (non-hydrogen) atoms. The van der Waals surface area contributed by atoms with Gasteiger partial charge in [0, 0.05) is 80.4 Å². The van der Waals surface area contributed by atoms with Crippen LogP contribution in [0.5, 0.6) is 0 Å². The van der Waals surface area contributed by atoms with Crippen molar-refractivity contribution in [3.63, 3.8) is 0 Å². The monoisotopic (exact) mass is 1380 g/mol. The number of rotatable bonds is 45. The molecule has 1 saturated heterocycles. The number of likely N-dealkylation sites (tertiary alicyclic amines) is 1. The van der Waals surface area contributed by atoms with E-state index in [0.29, 0.717) is 31.4 Å². The summed E-state index contributed by atoms with van der Waals surface area (Å²) in [5.74, 6) is -4.41. The third kappa shape index (κ3) is 27.7. The first-order valence-corrected chi connectivity index (χ1v) is 32.9. The van der Waals surface area contributed by atoms with Crippen LogP contribution in [0, 0.1) is 23.7 Å². The van der Waals surface area contributed by atoms with Crippen LogP contribution in [0.15, 0.2) is 30.3 Å². The van der Waals surface area contributed by atoms with Gasteiger partial charge in [0.15, 0.2) is 0 Å². The summed E-state index contributed by atoms with van der Waals surface area (Å²) in [7, 11) is 6.22. The number of likely N-dealkylation sites (N-methyl/N-ethyl adjacent to an activating group) is 2. The zero-order chi connectivity index (χ0) is 65.9. The lowest BCUT2D eigenvalue weighted by Crippen LogP contribution is -2.60. The number of aliphatic hydroxyl groups excluding tert-OH is 1. The van der Waals surface area contributed by atoms with E-state index in [-0.39, 0.29) is 175 Å². The molecule has 27 heteroatoms. The molecule has 1 aromatic carbocycles. The molecule has 2 rings (SSSR count). The van der Waals surface area contributed by atoms with E-state index in [0.717, 1.165) is 0 Å². The average molecular weight is 1380 g/mol. The Morgan fingerprint density at radius 3 is 1.75 bits per heavy atom. The molecule has 9 amide bonds. The maximum atomic E-state index is 14.7. The highest BCUT2D eigenvalue weighted by Crippen LogP contribution is 2.30. The van der Waals surface area contributed by atoms with Crippen LogP contribution >= 0.6 is 31.9 Å². The van der Waals surface area contributed by atoms with E-state index in [1.165, 1.54) is 31.1 Å². The van der Waals surface area contributed by atoms with Crippen molar-refractivity contribution in [1.82, 2.24) is 46.2 Å². The lowest BCUT2D eigenvalue weighted by molar-refractivity contribution is -0.149. The molecule has 6 N–H and O–H groups in total. The number of carbonyl (C=O) groups is 9. The minimum atomic E-state index is -0.992. The first-order chi connectivity index (χ1) is 41.9. The summed E-state index contributed by atoms with van der Waals surface area (Å²) in [6.07, 6.45) is -0.490. The highest BCUT2D eigenvalue weighted by molar-refractivity contribution is 9.09. The molecule has 7 unspecified atom stereocenters. The third-order valence-electron chi connectivity index (χ3n) is 15.7. The average Bonchev–Trinajstić information content (AvgIpc) is 2.79. The molecule has 0 aliphatic carbocycles. The van der Waals surface area contributed by atoms with Gasteiger partial charge in [0.25, 0.3) is 0 Å². The molecule has 0 radical (unpaired) electrons. The van der Waals surface area contributed by atoms with Crippen LogP contribution in [0.3, 0.4) is 0 Å². The SMILES string of the molecule is CCC(C)C(C(CC(=O)N1CCCC1C(OC)C(C)C(=O)N[C@@H](C)[C@H](O)c1ccccc1)OC)N(C)C(=O)[C@@H](NC(=O)C(C(C)C)N(C)C(=O)COCCOCCOCCOCCNC(=O)CCC(=O)N(CCNC(=O)CBr)CCNC(=O)CBr)C(C)C. The topological polar surface area (TPSA) is 302 Å². The van der Waals surface area contributed by atoms with Crippen LogP contribution in [0.4, 0.5) is 0 Å². The standard InChI is InChI=1S/C61H103Br2N9O16/c1-13-42(6)56(47(83-11)36-52(77)72-26-17-20-46(72)58(84-12)43(7)59(80)67-44(8)57(79)45-18-15-14-16-19-45)70(10)61(82)54(40(2)3)68-60(81)55(41(4)5)69(9)53(78)39-88-35-34-87-33-32-86-31-30-85-29-25-66-48(73)21-22-51(76)71(27-23-64-49(74)37-62)28-24-65-50(75)38-63/h14-16,18-19,40-44,46-47,54-58,79H,13,17,20-39H2,1-12H3,(H,64,74)(H,65,75)(H,66,73)(H,67,80)(H,68,81)/t42?,43?,44-,46?,47?,54-,55?,56?,57-,58?/m0/s1. The Kier molecular flexibility index (Phi) is 39.4. The van der Waals surface area contributed by atoms with Crippen molar-refractivity contribution in [2.75, 3.05) is 131 Å². The van der Waals surface area contributed by atoms with Crippen LogP contribution in [-0.4, -0.2) is 251 Å². The Bertz CT molecular complexity index is 2260. The number of nitrogens with zero attached hydrogens (tertiary/aromatic N) is 4. The number of methoxy groups -OCH3 is 2. The van der Waals surface area contributed by atoms with E-state index in [9.17, 15) is 48.3 Å². The number of halogens is 2. The number of benzene rings is 1. The molecule has 1 aliphatic rings. The van der Waals surface area contributed by atoms with Crippen LogP contribution in [-0.2, 0) is 71.6 Å². The summed E-state index contributed by atoms with van der Waals surface area (Å²) in [5.41, 5.74) is 0.678. The van der Waals surface area contributed by atoms with Gasteiger partial charge >= 0.3 is 0 Å². The molecule has 1 heterocycles.